The van der Waals surface area contributed by atoms with Gasteiger partial charge < -0.3 is 14.9 Å². The van der Waals surface area contributed by atoms with Gasteiger partial charge in [-0.25, -0.2) is 4.79 Å². The van der Waals surface area contributed by atoms with E-state index in [-0.39, 0.29) is 0 Å². The molecule has 3 aromatic rings. The van der Waals surface area contributed by atoms with Crippen LogP contribution in [-0.4, -0.2) is 60.6 Å². The van der Waals surface area contributed by atoms with Crippen molar-refractivity contribution < 1.29 is 9.90 Å². The van der Waals surface area contributed by atoms with Crippen molar-refractivity contribution in [1.29, 1.82) is 0 Å². The highest BCUT2D eigenvalue weighted by molar-refractivity contribution is 6.17. The molecule has 1 fully saturated rings. The Morgan fingerprint density at radius 3 is 2.30 bits per heavy atom. The van der Waals surface area contributed by atoms with Crippen molar-refractivity contribution in [3.63, 3.8) is 0 Å². The number of fused-ring (bicyclic) bond motifs is 3. The molecule has 1 aliphatic heterocycles. The predicted molar refractivity (Wildman–Crippen MR) is 111 cm³/mol. The van der Waals surface area contributed by atoms with E-state index in [0.717, 1.165) is 67.1 Å². The third-order valence-corrected chi connectivity index (χ3v) is 5.72. The fourth-order valence-electron chi connectivity index (χ4n) is 4.18. The van der Waals surface area contributed by atoms with E-state index in [2.05, 4.69) is 41.1 Å². The van der Waals surface area contributed by atoms with Gasteiger partial charge in [0, 0.05) is 31.6 Å². The van der Waals surface area contributed by atoms with Gasteiger partial charge in [-0.05, 0) is 54.2 Å². The lowest BCUT2D eigenvalue weighted by Gasteiger charge is -2.32. The number of aromatic carboxylic acids is 1. The first-order valence-corrected chi connectivity index (χ1v) is 9.71. The highest BCUT2D eigenvalue weighted by atomic mass is 16.4. The van der Waals surface area contributed by atoms with Gasteiger partial charge in [0.05, 0.1) is 5.56 Å². The van der Waals surface area contributed by atoms with Crippen LogP contribution in [0.1, 0.15) is 22.3 Å². The number of hydrogen-bond donors (Lipinski definition) is 1. The molecule has 0 amide bonds. The highest BCUT2D eigenvalue weighted by Crippen LogP contribution is 2.31. The van der Waals surface area contributed by atoms with Crippen LogP contribution < -0.4 is 0 Å². The molecule has 4 heteroatoms. The average Bonchev–Trinajstić information content (AvgIpc) is 2.68. The Bertz CT molecular complexity index is 975. The van der Waals surface area contributed by atoms with Gasteiger partial charge in [-0.15, -0.1) is 0 Å². The third-order valence-electron chi connectivity index (χ3n) is 5.72. The molecule has 140 valence electrons. The molecule has 0 aliphatic carbocycles. The van der Waals surface area contributed by atoms with Gasteiger partial charge in [0.15, 0.2) is 0 Å². The molecule has 0 unspecified atom stereocenters. The molecule has 27 heavy (non-hydrogen) atoms. The normalized spacial score (nSPS) is 16.2. The molecule has 0 bridgehead atoms. The van der Waals surface area contributed by atoms with Crippen molar-refractivity contribution >= 4 is 27.5 Å². The molecule has 4 nitrogen and oxygen atoms in total. The Kier molecular flexibility index (Phi) is 5.10. The van der Waals surface area contributed by atoms with Crippen molar-refractivity contribution in [2.75, 3.05) is 39.8 Å². The number of carbonyl (C=O) groups is 1. The van der Waals surface area contributed by atoms with Crippen LogP contribution in [0.25, 0.3) is 21.5 Å². The second kappa shape index (κ2) is 7.67. The first-order valence-electron chi connectivity index (χ1n) is 9.71. The number of hydrogen-bond acceptors (Lipinski definition) is 3. The standard InChI is InChI=1S/C23H26N2O2/c1-24-13-15-25(16-14-24)12-4-8-17-5-2-6-18-10-11-19-7-3-9-20(23(26)27)22(19)21(17)18/h2-3,5-7,9-11H,4,8,12-16H2,1H3,(H,26,27). The second-order valence-electron chi connectivity index (χ2n) is 7.54. The van der Waals surface area contributed by atoms with Gasteiger partial charge in [-0.3, -0.25) is 0 Å². The second-order valence-corrected chi connectivity index (χ2v) is 7.54. The maximum atomic E-state index is 11.8. The minimum absolute atomic E-state index is 0.393. The number of carboxylic acids is 1. The summed E-state index contributed by atoms with van der Waals surface area (Å²) in [4.78, 5) is 16.7. The number of nitrogens with zero attached hydrogens (tertiary/aromatic N) is 2. The van der Waals surface area contributed by atoms with Gasteiger partial charge in [-0.2, -0.15) is 0 Å². The molecule has 0 saturated carbocycles. The zero-order valence-electron chi connectivity index (χ0n) is 15.8. The van der Waals surface area contributed by atoms with Crippen LogP contribution in [0.3, 0.4) is 0 Å². The first kappa shape index (κ1) is 18.0. The highest BCUT2D eigenvalue weighted by Gasteiger charge is 2.15. The SMILES string of the molecule is CN1CCN(CCCc2cccc3ccc4cccc(C(=O)O)c4c23)CC1. The fraction of sp³-hybridized carbons (Fsp3) is 0.348. The van der Waals surface area contributed by atoms with Crippen LogP contribution in [0.15, 0.2) is 48.5 Å². The summed E-state index contributed by atoms with van der Waals surface area (Å²) < 4.78 is 0. The summed E-state index contributed by atoms with van der Waals surface area (Å²) in [6.45, 7) is 5.65. The van der Waals surface area contributed by atoms with Crippen LogP contribution in [0.5, 0.6) is 0 Å². The van der Waals surface area contributed by atoms with Gasteiger partial charge in [0.1, 0.15) is 0 Å². The fourth-order valence-corrected chi connectivity index (χ4v) is 4.18. The van der Waals surface area contributed by atoms with Crippen molar-refractivity contribution in [2.24, 2.45) is 0 Å². The molecule has 0 radical (unpaired) electrons. The Hall–Kier alpha value is -2.43. The molecule has 1 aliphatic rings. The Labute approximate surface area is 160 Å². The maximum absolute atomic E-state index is 11.8. The van der Waals surface area contributed by atoms with Gasteiger partial charge in [-0.1, -0.05) is 42.5 Å². The lowest BCUT2D eigenvalue weighted by atomic mass is 9.92. The van der Waals surface area contributed by atoms with Crippen LogP contribution in [-0.2, 0) is 6.42 Å². The lowest BCUT2D eigenvalue weighted by Crippen LogP contribution is -2.44. The molecular formula is C23H26N2O2. The number of benzene rings is 3. The Morgan fingerprint density at radius 2 is 1.59 bits per heavy atom. The summed E-state index contributed by atoms with van der Waals surface area (Å²) in [5, 5.41) is 13.8. The number of piperazine rings is 1. The molecule has 0 aromatic heterocycles. The van der Waals surface area contributed by atoms with Crippen molar-refractivity contribution in [1.82, 2.24) is 9.80 Å². The number of aryl methyl sites for hydroxylation is 1. The topological polar surface area (TPSA) is 43.8 Å². The molecular weight excluding hydrogens is 336 g/mol. The van der Waals surface area contributed by atoms with Gasteiger partial charge in [0.2, 0.25) is 0 Å². The van der Waals surface area contributed by atoms with E-state index < -0.39 is 5.97 Å². The minimum Gasteiger partial charge on any atom is -0.478 e. The van der Waals surface area contributed by atoms with Crippen molar-refractivity contribution in [2.45, 2.75) is 12.8 Å². The van der Waals surface area contributed by atoms with E-state index in [9.17, 15) is 9.90 Å². The van der Waals surface area contributed by atoms with Crippen LogP contribution in [0.2, 0.25) is 0 Å². The van der Waals surface area contributed by atoms with E-state index in [1.165, 1.54) is 5.56 Å². The summed E-state index contributed by atoms with van der Waals surface area (Å²) in [6.07, 6.45) is 2.06. The number of carboxylic acid groups (broad SMARTS) is 1. The Balaban J connectivity index is 1.65. The largest absolute Gasteiger partial charge is 0.478 e. The van der Waals surface area contributed by atoms with E-state index in [4.69, 9.17) is 0 Å². The van der Waals surface area contributed by atoms with Crippen molar-refractivity contribution in [3.05, 3.63) is 59.7 Å². The molecule has 3 aromatic carbocycles. The van der Waals surface area contributed by atoms with Gasteiger partial charge >= 0.3 is 5.97 Å². The summed E-state index contributed by atoms with van der Waals surface area (Å²) in [5.74, 6) is -0.861. The molecule has 0 atom stereocenters. The molecule has 1 heterocycles. The minimum atomic E-state index is -0.861. The Morgan fingerprint density at radius 1 is 0.926 bits per heavy atom. The van der Waals surface area contributed by atoms with E-state index in [1.54, 1.807) is 6.07 Å². The number of rotatable bonds is 5. The van der Waals surface area contributed by atoms with E-state index in [1.807, 2.05) is 18.2 Å². The summed E-state index contributed by atoms with van der Waals surface area (Å²) in [5.41, 5.74) is 1.64. The van der Waals surface area contributed by atoms with Crippen LogP contribution in [0, 0.1) is 0 Å². The zero-order chi connectivity index (χ0) is 18.8. The third kappa shape index (κ3) is 3.68. The van der Waals surface area contributed by atoms with E-state index >= 15 is 0 Å². The van der Waals surface area contributed by atoms with Crippen molar-refractivity contribution in [3.8, 4) is 0 Å². The smallest absolute Gasteiger partial charge is 0.336 e. The first-order chi connectivity index (χ1) is 13.1. The monoisotopic (exact) mass is 362 g/mol. The summed E-state index contributed by atoms with van der Waals surface area (Å²) in [7, 11) is 2.18. The quantitative estimate of drug-likeness (QED) is 0.700. The molecule has 4 rings (SSSR count). The zero-order valence-corrected chi connectivity index (χ0v) is 15.8. The van der Waals surface area contributed by atoms with Crippen LogP contribution in [0.4, 0.5) is 0 Å². The van der Waals surface area contributed by atoms with E-state index in [0.29, 0.717) is 5.56 Å². The summed E-state index contributed by atoms with van der Waals surface area (Å²) >= 11 is 0. The lowest BCUT2D eigenvalue weighted by molar-refractivity contribution is 0.0699. The summed E-state index contributed by atoms with van der Waals surface area (Å²) in [6, 6.07) is 16.0. The molecule has 1 N–H and O–H groups in total. The van der Waals surface area contributed by atoms with Crippen LogP contribution >= 0.6 is 0 Å². The maximum Gasteiger partial charge on any atom is 0.336 e. The number of likely N-dealkylation sites (N-methyl/N-ethyl adjacent to an activating group) is 1. The predicted octanol–water partition coefficient (Wildman–Crippen LogP) is 3.87. The average molecular weight is 362 g/mol. The molecule has 0 spiro atoms. The van der Waals surface area contributed by atoms with Gasteiger partial charge in [0.25, 0.3) is 0 Å². The molecule has 1 saturated heterocycles.